The summed E-state index contributed by atoms with van der Waals surface area (Å²) in [5.74, 6) is 0.170. The van der Waals surface area contributed by atoms with Gasteiger partial charge in [0.1, 0.15) is 6.54 Å². The molecule has 2 aromatic rings. The van der Waals surface area contributed by atoms with E-state index in [1.807, 2.05) is 35.7 Å². The molecule has 1 saturated heterocycles. The molecule has 0 bridgehead atoms. The van der Waals surface area contributed by atoms with Crippen molar-refractivity contribution < 1.29 is 4.79 Å². The number of likely N-dealkylation sites (tertiary alicyclic amines) is 1. The molecule has 3 heterocycles. The average molecular weight is 313 g/mol. The molecule has 1 aliphatic heterocycles. The number of hydrogen-bond donors (Lipinski definition) is 1. The molecule has 23 heavy (non-hydrogen) atoms. The van der Waals surface area contributed by atoms with Gasteiger partial charge in [-0.05, 0) is 51.2 Å². The quantitative estimate of drug-likeness (QED) is 0.918. The fourth-order valence-electron chi connectivity index (χ4n) is 4.27. The second-order valence-corrected chi connectivity index (χ2v) is 7.05. The van der Waals surface area contributed by atoms with Gasteiger partial charge in [-0.2, -0.15) is 10.2 Å². The second kappa shape index (κ2) is 5.22. The van der Waals surface area contributed by atoms with E-state index < -0.39 is 0 Å². The minimum absolute atomic E-state index is 0.0921. The van der Waals surface area contributed by atoms with E-state index >= 15 is 0 Å². The number of nitrogens with zero attached hydrogens (tertiary/aromatic N) is 4. The molecule has 1 amide bonds. The van der Waals surface area contributed by atoms with E-state index in [0.29, 0.717) is 6.54 Å². The van der Waals surface area contributed by atoms with Crippen LogP contribution in [0.5, 0.6) is 0 Å². The van der Waals surface area contributed by atoms with Crippen LogP contribution >= 0.6 is 0 Å². The summed E-state index contributed by atoms with van der Waals surface area (Å²) < 4.78 is 1.81. The van der Waals surface area contributed by atoms with Crippen LogP contribution in [0.2, 0.25) is 0 Å². The Hall–Kier alpha value is -2.11. The number of H-pyrrole nitrogens is 1. The molecule has 2 aliphatic rings. The molecule has 4 rings (SSSR count). The Morgan fingerprint density at radius 3 is 3.04 bits per heavy atom. The van der Waals surface area contributed by atoms with Gasteiger partial charge < -0.3 is 4.90 Å². The summed E-state index contributed by atoms with van der Waals surface area (Å²) in [7, 11) is 0. The first-order valence-corrected chi connectivity index (χ1v) is 8.39. The van der Waals surface area contributed by atoms with Crippen LogP contribution in [-0.4, -0.2) is 43.9 Å². The molecular weight excluding hydrogens is 290 g/mol. The van der Waals surface area contributed by atoms with Gasteiger partial charge in [0.25, 0.3) is 0 Å². The summed E-state index contributed by atoms with van der Waals surface area (Å²) in [6.45, 7) is 5.95. The summed E-state index contributed by atoms with van der Waals surface area (Å²) >= 11 is 0. The van der Waals surface area contributed by atoms with Gasteiger partial charge in [-0.3, -0.25) is 14.6 Å². The highest BCUT2D eigenvalue weighted by Crippen LogP contribution is 2.43. The average Bonchev–Trinajstić information content (AvgIpc) is 3.19. The van der Waals surface area contributed by atoms with Crippen molar-refractivity contribution in [1.29, 1.82) is 0 Å². The van der Waals surface area contributed by atoms with E-state index in [1.165, 1.54) is 11.3 Å². The summed E-state index contributed by atoms with van der Waals surface area (Å²) in [4.78, 5) is 14.8. The molecule has 1 unspecified atom stereocenters. The molecule has 1 atom stereocenters. The number of amides is 1. The predicted molar refractivity (Wildman–Crippen MR) is 86.1 cm³/mol. The van der Waals surface area contributed by atoms with Crippen LogP contribution in [0.1, 0.15) is 41.9 Å². The standard InChI is InChI=1S/C17H23N5O/c1-12-8-13(2)22(20-12)10-15(23)21-7-3-5-17(11-21)6-4-14-9-18-19-16(14)17/h8-9H,3-7,10-11H2,1-2H3,(H,18,19). The molecule has 1 N–H and O–H groups in total. The van der Waals surface area contributed by atoms with Crippen molar-refractivity contribution >= 4 is 5.91 Å². The zero-order valence-electron chi connectivity index (χ0n) is 13.8. The van der Waals surface area contributed by atoms with Crippen LogP contribution in [0.3, 0.4) is 0 Å². The van der Waals surface area contributed by atoms with Crippen LogP contribution in [0.15, 0.2) is 12.3 Å². The number of aromatic nitrogens is 4. The smallest absolute Gasteiger partial charge is 0.244 e. The van der Waals surface area contributed by atoms with Gasteiger partial charge >= 0.3 is 0 Å². The fraction of sp³-hybridized carbons (Fsp3) is 0.588. The first-order chi connectivity index (χ1) is 11.1. The lowest BCUT2D eigenvalue weighted by Gasteiger charge is -2.40. The number of aromatic amines is 1. The number of fused-ring (bicyclic) bond motifs is 2. The first kappa shape index (κ1) is 14.5. The van der Waals surface area contributed by atoms with Crippen molar-refractivity contribution in [2.75, 3.05) is 13.1 Å². The maximum Gasteiger partial charge on any atom is 0.244 e. The van der Waals surface area contributed by atoms with Crippen molar-refractivity contribution in [3.8, 4) is 0 Å². The number of carbonyl (C=O) groups is 1. The highest BCUT2D eigenvalue weighted by atomic mass is 16.2. The summed E-state index contributed by atoms with van der Waals surface area (Å²) in [6.07, 6.45) is 6.35. The zero-order chi connectivity index (χ0) is 16.0. The normalized spacial score (nSPS) is 23.5. The molecule has 6 nitrogen and oxygen atoms in total. The van der Waals surface area contributed by atoms with Crippen molar-refractivity contribution in [1.82, 2.24) is 24.9 Å². The van der Waals surface area contributed by atoms with E-state index in [2.05, 4.69) is 15.3 Å². The van der Waals surface area contributed by atoms with Crippen LogP contribution in [-0.2, 0) is 23.2 Å². The molecule has 6 heteroatoms. The van der Waals surface area contributed by atoms with Crippen molar-refractivity contribution in [3.63, 3.8) is 0 Å². The number of aryl methyl sites for hydroxylation is 3. The van der Waals surface area contributed by atoms with E-state index in [9.17, 15) is 4.79 Å². The van der Waals surface area contributed by atoms with E-state index in [4.69, 9.17) is 0 Å². The van der Waals surface area contributed by atoms with Crippen LogP contribution in [0, 0.1) is 13.8 Å². The van der Waals surface area contributed by atoms with E-state index in [-0.39, 0.29) is 11.3 Å². The van der Waals surface area contributed by atoms with E-state index in [1.54, 1.807) is 0 Å². The summed E-state index contributed by atoms with van der Waals surface area (Å²) in [5, 5.41) is 11.8. The van der Waals surface area contributed by atoms with Crippen LogP contribution < -0.4 is 0 Å². The number of piperidine rings is 1. The first-order valence-electron chi connectivity index (χ1n) is 8.39. The van der Waals surface area contributed by atoms with Gasteiger partial charge in [-0.1, -0.05) is 0 Å². The molecule has 0 aromatic carbocycles. The Balaban J connectivity index is 1.52. The van der Waals surface area contributed by atoms with Gasteiger partial charge in [0, 0.05) is 29.9 Å². The van der Waals surface area contributed by atoms with Crippen molar-refractivity contribution in [3.05, 3.63) is 34.9 Å². The highest BCUT2D eigenvalue weighted by Gasteiger charge is 2.44. The molecule has 122 valence electrons. The summed E-state index contributed by atoms with van der Waals surface area (Å²) in [5.41, 5.74) is 4.69. The van der Waals surface area contributed by atoms with Crippen molar-refractivity contribution in [2.45, 2.75) is 51.5 Å². The Morgan fingerprint density at radius 2 is 2.26 bits per heavy atom. The minimum Gasteiger partial charge on any atom is -0.340 e. The highest BCUT2D eigenvalue weighted by molar-refractivity contribution is 5.76. The molecule has 1 spiro atoms. The SMILES string of the molecule is Cc1cc(C)n(CC(=O)N2CCCC3(CCc4cn[nH]c43)C2)n1. The third-order valence-electron chi connectivity index (χ3n) is 5.44. The maximum absolute atomic E-state index is 12.8. The lowest BCUT2D eigenvalue weighted by molar-refractivity contribution is -0.134. The maximum atomic E-state index is 12.8. The van der Waals surface area contributed by atoms with Crippen LogP contribution in [0.4, 0.5) is 0 Å². The third kappa shape index (κ3) is 2.36. The predicted octanol–water partition coefficient (Wildman–Crippen LogP) is 1.73. The lowest BCUT2D eigenvalue weighted by atomic mass is 9.77. The number of hydrogen-bond acceptors (Lipinski definition) is 3. The van der Waals surface area contributed by atoms with Gasteiger partial charge in [-0.15, -0.1) is 0 Å². The zero-order valence-corrected chi connectivity index (χ0v) is 13.8. The largest absolute Gasteiger partial charge is 0.340 e. The molecular formula is C17H23N5O. The molecule has 0 saturated carbocycles. The fourth-order valence-corrected chi connectivity index (χ4v) is 4.27. The van der Waals surface area contributed by atoms with Gasteiger partial charge in [0.05, 0.1) is 11.9 Å². The third-order valence-corrected chi connectivity index (χ3v) is 5.44. The topological polar surface area (TPSA) is 66.8 Å². The number of carbonyl (C=O) groups excluding carboxylic acids is 1. The van der Waals surface area contributed by atoms with E-state index in [0.717, 1.165) is 50.2 Å². The monoisotopic (exact) mass is 313 g/mol. The Morgan fingerprint density at radius 1 is 1.39 bits per heavy atom. The Bertz CT molecular complexity index is 746. The molecule has 0 radical (unpaired) electrons. The molecule has 1 fully saturated rings. The van der Waals surface area contributed by atoms with Crippen molar-refractivity contribution in [2.24, 2.45) is 0 Å². The molecule has 1 aliphatic carbocycles. The van der Waals surface area contributed by atoms with Gasteiger partial charge in [0.15, 0.2) is 0 Å². The van der Waals surface area contributed by atoms with Gasteiger partial charge in [0.2, 0.25) is 5.91 Å². The van der Waals surface area contributed by atoms with Crippen LogP contribution in [0.25, 0.3) is 0 Å². The number of rotatable bonds is 2. The molecule has 2 aromatic heterocycles. The summed E-state index contributed by atoms with van der Waals surface area (Å²) in [6, 6.07) is 2.01. The second-order valence-electron chi connectivity index (χ2n) is 7.05. The Labute approximate surface area is 135 Å². The lowest BCUT2D eigenvalue weighted by Crippen LogP contribution is -2.48. The van der Waals surface area contributed by atoms with Gasteiger partial charge in [-0.25, -0.2) is 0 Å². The number of nitrogens with one attached hydrogen (secondary N) is 1. The Kier molecular flexibility index (Phi) is 3.28. The minimum atomic E-state index is 0.0921.